The van der Waals surface area contributed by atoms with E-state index in [4.69, 9.17) is 20.9 Å². The van der Waals surface area contributed by atoms with Crippen molar-refractivity contribution in [2.75, 3.05) is 5.32 Å². The minimum absolute atomic E-state index is 0.126. The van der Waals surface area contributed by atoms with Gasteiger partial charge in [0.05, 0.1) is 11.4 Å². The first kappa shape index (κ1) is 19.0. The summed E-state index contributed by atoms with van der Waals surface area (Å²) in [7, 11) is 0. The van der Waals surface area contributed by atoms with Gasteiger partial charge in [0, 0.05) is 36.1 Å². The first-order valence-corrected chi connectivity index (χ1v) is 9.52. The summed E-state index contributed by atoms with van der Waals surface area (Å²) in [6.45, 7) is 2.14. The number of hydrogen-bond acceptors (Lipinski definition) is 5. The average Bonchev–Trinajstić information content (AvgIpc) is 3.28. The highest BCUT2D eigenvalue weighted by Gasteiger charge is 2.13. The number of nitrogens with one attached hydrogen (secondary N) is 1. The summed E-state index contributed by atoms with van der Waals surface area (Å²) in [6.07, 6.45) is 4.60. The van der Waals surface area contributed by atoms with Gasteiger partial charge in [0.15, 0.2) is 0 Å². The number of carbonyl (C=O) groups is 1. The van der Waals surface area contributed by atoms with Crippen LogP contribution in [0.4, 0.5) is 5.69 Å². The van der Waals surface area contributed by atoms with Gasteiger partial charge in [-0.1, -0.05) is 17.3 Å². The Kier molecular flexibility index (Phi) is 5.48. The summed E-state index contributed by atoms with van der Waals surface area (Å²) in [5.74, 6) is 0.525. The first-order chi connectivity index (χ1) is 14.1. The number of fused-ring (bicyclic) bond motifs is 1. The third-order valence-electron chi connectivity index (χ3n) is 4.46. The maximum absolute atomic E-state index is 12.3. The maximum Gasteiger partial charge on any atom is 0.229 e. The van der Waals surface area contributed by atoms with Gasteiger partial charge in [-0.25, -0.2) is 4.98 Å². The standard InChI is InChI=1S/C21H19ClN4O3/c1-14-18(21(22)29-25-14)8-9-20(27)24-15-5-4-6-17(11-15)28-13-16-12-26-10-3-2-7-19(26)23-16/h2-7,10-12H,8-9,13H2,1H3,(H,24,27). The number of halogens is 1. The molecule has 29 heavy (non-hydrogen) atoms. The fourth-order valence-corrected chi connectivity index (χ4v) is 3.25. The Morgan fingerprint density at radius 3 is 2.97 bits per heavy atom. The molecule has 0 saturated heterocycles. The molecule has 0 spiro atoms. The molecule has 0 aliphatic carbocycles. The predicted molar refractivity (Wildman–Crippen MR) is 109 cm³/mol. The number of imidazole rings is 1. The van der Waals surface area contributed by atoms with Crippen molar-refractivity contribution in [1.29, 1.82) is 0 Å². The molecule has 0 saturated carbocycles. The van der Waals surface area contributed by atoms with Crippen molar-refractivity contribution in [3.8, 4) is 5.75 Å². The molecular weight excluding hydrogens is 392 g/mol. The zero-order valence-electron chi connectivity index (χ0n) is 15.8. The third-order valence-corrected chi connectivity index (χ3v) is 4.75. The van der Waals surface area contributed by atoms with Crippen molar-refractivity contribution < 1.29 is 14.1 Å². The van der Waals surface area contributed by atoms with Gasteiger partial charge >= 0.3 is 0 Å². The van der Waals surface area contributed by atoms with E-state index in [-0.39, 0.29) is 17.5 Å². The molecule has 3 heterocycles. The number of pyridine rings is 1. The van der Waals surface area contributed by atoms with E-state index in [9.17, 15) is 4.79 Å². The van der Waals surface area contributed by atoms with E-state index in [0.29, 0.717) is 30.2 Å². The van der Waals surface area contributed by atoms with Crippen LogP contribution in [0.2, 0.25) is 5.22 Å². The SMILES string of the molecule is Cc1noc(Cl)c1CCC(=O)Nc1cccc(OCc2cn3ccccc3n2)c1. The van der Waals surface area contributed by atoms with E-state index in [1.165, 1.54) is 0 Å². The van der Waals surface area contributed by atoms with E-state index >= 15 is 0 Å². The van der Waals surface area contributed by atoms with Crippen LogP contribution < -0.4 is 10.1 Å². The normalized spacial score (nSPS) is 11.0. The molecule has 148 valence electrons. The second kappa shape index (κ2) is 8.36. The Morgan fingerprint density at radius 2 is 2.17 bits per heavy atom. The molecule has 1 aromatic carbocycles. The molecular formula is C21H19ClN4O3. The van der Waals surface area contributed by atoms with Gasteiger partial charge < -0.3 is 19.0 Å². The number of anilines is 1. The van der Waals surface area contributed by atoms with Crippen LogP contribution in [0, 0.1) is 6.92 Å². The Hall–Kier alpha value is -3.32. The van der Waals surface area contributed by atoms with Crippen molar-refractivity contribution in [1.82, 2.24) is 14.5 Å². The smallest absolute Gasteiger partial charge is 0.229 e. The van der Waals surface area contributed by atoms with Gasteiger partial charge in [0.2, 0.25) is 11.1 Å². The van der Waals surface area contributed by atoms with Crippen LogP contribution in [-0.4, -0.2) is 20.4 Å². The van der Waals surface area contributed by atoms with E-state index in [2.05, 4.69) is 15.5 Å². The number of aromatic nitrogens is 3. The molecule has 4 rings (SSSR count). The quantitative estimate of drug-likeness (QED) is 0.487. The zero-order chi connectivity index (χ0) is 20.2. The number of rotatable bonds is 7. The largest absolute Gasteiger partial charge is 0.487 e. The number of carbonyl (C=O) groups excluding carboxylic acids is 1. The number of hydrogen-bond donors (Lipinski definition) is 1. The lowest BCUT2D eigenvalue weighted by Crippen LogP contribution is -2.12. The summed E-state index contributed by atoms with van der Waals surface area (Å²) in [5, 5.41) is 6.89. The summed E-state index contributed by atoms with van der Waals surface area (Å²) < 4.78 is 12.7. The van der Waals surface area contributed by atoms with Crippen molar-refractivity contribution in [2.45, 2.75) is 26.4 Å². The molecule has 4 aromatic rings. The lowest BCUT2D eigenvalue weighted by molar-refractivity contribution is -0.116. The summed E-state index contributed by atoms with van der Waals surface area (Å²) >= 11 is 5.94. The topological polar surface area (TPSA) is 81.7 Å². The number of aryl methyl sites for hydroxylation is 1. The monoisotopic (exact) mass is 410 g/mol. The van der Waals surface area contributed by atoms with E-state index in [1.807, 2.05) is 53.2 Å². The van der Waals surface area contributed by atoms with Crippen molar-refractivity contribution in [3.05, 3.63) is 77.0 Å². The number of benzene rings is 1. The highest BCUT2D eigenvalue weighted by molar-refractivity contribution is 6.29. The molecule has 0 bridgehead atoms. The molecule has 0 unspecified atom stereocenters. The van der Waals surface area contributed by atoms with Crippen LogP contribution in [0.5, 0.6) is 5.75 Å². The van der Waals surface area contributed by atoms with Crippen LogP contribution in [-0.2, 0) is 17.8 Å². The van der Waals surface area contributed by atoms with Crippen molar-refractivity contribution in [3.63, 3.8) is 0 Å². The second-order valence-electron chi connectivity index (χ2n) is 6.58. The number of nitrogens with zero attached hydrogens (tertiary/aromatic N) is 3. The van der Waals surface area contributed by atoms with Crippen LogP contribution in [0.25, 0.3) is 5.65 Å². The Balaban J connectivity index is 1.33. The molecule has 8 heteroatoms. The van der Waals surface area contributed by atoms with Gasteiger partial charge in [-0.3, -0.25) is 4.79 Å². The molecule has 0 radical (unpaired) electrons. The number of ether oxygens (including phenoxy) is 1. The van der Waals surface area contributed by atoms with Crippen LogP contribution in [0.1, 0.15) is 23.4 Å². The number of amides is 1. The van der Waals surface area contributed by atoms with Gasteiger partial charge in [0.25, 0.3) is 0 Å². The highest BCUT2D eigenvalue weighted by Crippen LogP contribution is 2.22. The van der Waals surface area contributed by atoms with Crippen LogP contribution in [0.3, 0.4) is 0 Å². The molecule has 1 amide bonds. The predicted octanol–water partition coefficient (Wildman–Crippen LogP) is 4.43. The van der Waals surface area contributed by atoms with Gasteiger partial charge in [-0.2, -0.15) is 0 Å². The summed E-state index contributed by atoms with van der Waals surface area (Å²) in [5.41, 5.74) is 3.81. The van der Waals surface area contributed by atoms with Crippen LogP contribution >= 0.6 is 11.6 Å². The Bertz CT molecular complexity index is 1100. The third kappa shape index (κ3) is 4.57. The molecule has 0 fully saturated rings. The molecule has 3 aromatic heterocycles. The van der Waals surface area contributed by atoms with Crippen molar-refractivity contribution in [2.24, 2.45) is 0 Å². The van der Waals surface area contributed by atoms with Crippen LogP contribution in [0.15, 0.2) is 59.4 Å². The Labute approximate surface area is 172 Å². The highest BCUT2D eigenvalue weighted by atomic mass is 35.5. The fourth-order valence-electron chi connectivity index (χ4n) is 2.98. The van der Waals surface area contributed by atoms with E-state index in [0.717, 1.165) is 16.9 Å². The van der Waals surface area contributed by atoms with Crippen molar-refractivity contribution >= 4 is 28.8 Å². The van der Waals surface area contributed by atoms with Gasteiger partial charge in [-0.15, -0.1) is 0 Å². The molecule has 0 aliphatic heterocycles. The first-order valence-electron chi connectivity index (χ1n) is 9.14. The molecule has 1 N–H and O–H groups in total. The maximum atomic E-state index is 12.3. The van der Waals surface area contributed by atoms with E-state index in [1.54, 1.807) is 13.0 Å². The fraction of sp³-hybridized carbons (Fsp3) is 0.190. The average molecular weight is 411 g/mol. The Morgan fingerprint density at radius 1 is 1.28 bits per heavy atom. The zero-order valence-corrected chi connectivity index (χ0v) is 16.5. The van der Waals surface area contributed by atoms with Gasteiger partial charge in [-0.05, 0) is 49.2 Å². The molecule has 0 aliphatic rings. The molecule has 0 atom stereocenters. The minimum Gasteiger partial charge on any atom is -0.487 e. The minimum atomic E-state index is -0.126. The lowest BCUT2D eigenvalue weighted by atomic mass is 10.1. The van der Waals surface area contributed by atoms with Gasteiger partial charge in [0.1, 0.15) is 18.0 Å². The van der Waals surface area contributed by atoms with E-state index < -0.39 is 0 Å². The lowest BCUT2D eigenvalue weighted by Gasteiger charge is -2.08. The second-order valence-corrected chi connectivity index (χ2v) is 6.93. The molecule has 7 nitrogen and oxygen atoms in total. The summed E-state index contributed by atoms with van der Waals surface area (Å²) in [6, 6.07) is 13.1. The summed E-state index contributed by atoms with van der Waals surface area (Å²) in [4.78, 5) is 16.8.